The van der Waals surface area contributed by atoms with Crippen molar-refractivity contribution >= 4 is 11.8 Å². The highest BCUT2D eigenvalue weighted by Crippen LogP contribution is 2.25. The molecule has 2 amide bonds. The van der Waals surface area contributed by atoms with E-state index < -0.39 is 0 Å². The summed E-state index contributed by atoms with van der Waals surface area (Å²) in [4.78, 5) is 25.2. The van der Waals surface area contributed by atoms with Crippen LogP contribution in [0.25, 0.3) is 0 Å². The van der Waals surface area contributed by atoms with Gasteiger partial charge in [0.15, 0.2) is 0 Å². The predicted octanol–water partition coefficient (Wildman–Crippen LogP) is 0.627. The van der Waals surface area contributed by atoms with Crippen molar-refractivity contribution in [3.05, 3.63) is 0 Å². The number of amides is 2. The molecule has 0 saturated carbocycles. The Morgan fingerprint density at radius 1 is 1.31 bits per heavy atom. The predicted molar refractivity (Wildman–Crippen MR) is 60.6 cm³/mol. The maximum absolute atomic E-state index is 12.2. The van der Waals surface area contributed by atoms with E-state index in [2.05, 4.69) is 19.2 Å². The lowest BCUT2D eigenvalue weighted by Gasteiger charge is -2.26. The van der Waals surface area contributed by atoms with Crippen LogP contribution in [0.4, 0.5) is 0 Å². The lowest BCUT2D eigenvalue weighted by atomic mass is 9.98. The van der Waals surface area contributed by atoms with Gasteiger partial charge in [0.05, 0.1) is 5.92 Å². The lowest BCUT2D eigenvalue weighted by molar-refractivity contribution is -0.136. The molecule has 2 saturated heterocycles. The van der Waals surface area contributed by atoms with Crippen LogP contribution in [0.3, 0.4) is 0 Å². The van der Waals surface area contributed by atoms with Gasteiger partial charge in [0.25, 0.3) is 0 Å². The Labute approximate surface area is 96.4 Å². The Morgan fingerprint density at radius 2 is 1.94 bits per heavy atom. The first-order valence-corrected chi connectivity index (χ1v) is 6.13. The SMILES string of the molecule is CC1CN(C(=O)C2CCC(=O)NC2)CC1C. The van der Waals surface area contributed by atoms with Crippen molar-refractivity contribution < 1.29 is 9.59 Å². The van der Waals surface area contributed by atoms with E-state index in [4.69, 9.17) is 0 Å². The maximum atomic E-state index is 12.2. The van der Waals surface area contributed by atoms with Gasteiger partial charge in [-0.1, -0.05) is 13.8 Å². The third kappa shape index (κ3) is 2.20. The third-order valence-electron chi connectivity index (χ3n) is 3.91. The number of rotatable bonds is 1. The molecule has 0 radical (unpaired) electrons. The Kier molecular flexibility index (Phi) is 3.17. The molecule has 0 aliphatic carbocycles. The van der Waals surface area contributed by atoms with Gasteiger partial charge in [0.1, 0.15) is 0 Å². The average Bonchev–Trinajstić information content (AvgIpc) is 2.59. The second-order valence-corrected chi connectivity index (χ2v) is 5.24. The van der Waals surface area contributed by atoms with Gasteiger partial charge in [-0.3, -0.25) is 9.59 Å². The first-order valence-electron chi connectivity index (χ1n) is 6.13. The molecule has 1 N–H and O–H groups in total. The first-order chi connectivity index (χ1) is 7.58. The molecule has 2 aliphatic heterocycles. The van der Waals surface area contributed by atoms with Gasteiger partial charge in [-0.2, -0.15) is 0 Å². The van der Waals surface area contributed by atoms with Gasteiger partial charge >= 0.3 is 0 Å². The number of hydrogen-bond donors (Lipinski definition) is 1. The van der Waals surface area contributed by atoms with Crippen molar-refractivity contribution in [3.8, 4) is 0 Å². The molecule has 90 valence electrons. The Bertz CT molecular complexity index is 283. The van der Waals surface area contributed by atoms with Crippen molar-refractivity contribution in [1.82, 2.24) is 10.2 Å². The molecule has 0 bridgehead atoms. The van der Waals surface area contributed by atoms with Gasteiger partial charge in [0, 0.05) is 26.1 Å². The van der Waals surface area contributed by atoms with E-state index in [9.17, 15) is 9.59 Å². The maximum Gasteiger partial charge on any atom is 0.227 e. The third-order valence-corrected chi connectivity index (χ3v) is 3.91. The van der Waals surface area contributed by atoms with Crippen LogP contribution in [0.1, 0.15) is 26.7 Å². The van der Waals surface area contributed by atoms with Gasteiger partial charge in [-0.15, -0.1) is 0 Å². The second-order valence-electron chi connectivity index (χ2n) is 5.24. The number of hydrogen-bond acceptors (Lipinski definition) is 2. The quantitative estimate of drug-likeness (QED) is 0.710. The fraction of sp³-hybridized carbons (Fsp3) is 0.833. The number of nitrogens with zero attached hydrogens (tertiary/aromatic N) is 1. The number of carbonyl (C=O) groups excluding carboxylic acids is 2. The Hall–Kier alpha value is -1.06. The lowest BCUT2D eigenvalue weighted by Crippen LogP contribution is -2.44. The van der Waals surface area contributed by atoms with Crippen LogP contribution in [0.2, 0.25) is 0 Å². The van der Waals surface area contributed by atoms with Gasteiger partial charge < -0.3 is 10.2 Å². The van der Waals surface area contributed by atoms with E-state index in [1.54, 1.807) is 0 Å². The van der Waals surface area contributed by atoms with Crippen LogP contribution in [-0.4, -0.2) is 36.3 Å². The monoisotopic (exact) mass is 224 g/mol. The summed E-state index contributed by atoms with van der Waals surface area (Å²) in [5.74, 6) is 1.52. The van der Waals surface area contributed by atoms with E-state index in [1.807, 2.05) is 4.90 Å². The molecule has 2 fully saturated rings. The molecule has 0 aromatic rings. The molecule has 2 rings (SSSR count). The molecule has 2 heterocycles. The molecule has 3 atom stereocenters. The molecule has 4 heteroatoms. The minimum atomic E-state index is 0.00944. The molecular weight excluding hydrogens is 204 g/mol. The number of carbonyl (C=O) groups is 2. The number of likely N-dealkylation sites (tertiary alicyclic amines) is 1. The van der Waals surface area contributed by atoms with Crippen LogP contribution in [-0.2, 0) is 9.59 Å². The molecule has 0 aromatic carbocycles. The zero-order valence-electron chi connectivity index (χ0n) is 10.0. The normalized spacial score (nSPS) is 35.0. The minimum Gasteiger partial charge on any atom is -0.355 e. The zero-order chi connectivity index (χ0) is 11.7. The van der Waals surface area contributed by atoms with Crippen molar-refractivity contribution in [2.24, 2.45) is 17.8 Å². The summed E-state index contributed by atoms with van der Waals surface area (Å²) in [5, 5.41) is 2.77. The van der Waals surface area contributed by atoms with E-state index in [-0.39, 0.29) is 17.7 Å². The summed E-state index contributed by atoms with van der Waals surface area (Å²) in [6, 6.07) is 0. The molecule has 4 nitrogen and oxygen atoms in total. The molecule has 2 aliphatic rings. The van der Waals surface area contributed by atoms with E-state index in [0.717, 1.165) is 13.1 Å². The number of nitrogens with one attached hydrogen (secondary N) is 1. The van der Waals surface area contributed by atoms with E-state index in [1.165, 1.54) is 0 Å². The summed E-state index contributed by atoms with van der Waals surface area (Å²) in [6.45, 7) is 6.67. The molecule has 16 heavy (non-hydrogen) atoms. The standard InChI is InChI=1S/C12H20N2O2/c1-8-6-14(7-9(8)2)12(16)10-3-4-11(15)13-5-10/h8-10H,3-7H2,1-2H3,(H,13,15). The van der Waals surface area contributed by atoms with Gasteiger partial charge in [0.2, 0.25) is 11.8 Å². The second kappa shape index (κ2) is 4.44. The van der Waals surface area contributed by atoms with Crippen LogP contribution < -0.4 is 5.32 Å². The van der Waals surface area contributed by atoms with Crippen LogP contribution >= 0.6 is 0 Å². The summed E-state index contributed by atoms with van der Waals surface area (Å²) in [5.41, 5.74) is 0. The smallest absolute Gasteiger partial charge is 0.227 e. The highest BCUT2D eigenvalue weighted by Gasteiger charge is 2.34. The highest BCUT2D eigenvalue weighted by atomic mass is 16.2. The van der Waals surface area contributed by atoms with Gasteiger partial charge in [-0.25, -0.2) is 0 Å². The van der Waals surface area contributed by atoms with E-state index >= 15 is 0 Å². The highest BCUT2D eigenvalue weighted by molar-refractivity contribution is 5.83. The molecular formula is C12H20N2O2. The summed E-state index contributed by atoms with van der Waals surface area (Å²) in [7, 11) is 0. The average molecular weight is 224 g/mol. The van der Waals surface area contributed by atoms with Crippen molar-refractivity contribution in [3.63, 3.8) is 0 Å². The van der Waals surface area contributed by atoms with Crippen molar-refractivity contribution in [2.45, 2.75) is 26.7 Å². The topological polar surface area (TPSA) is 49.4 Å². The summed E-state index contributed by atoms with van der Waals surface area (Å²) < 4.78 is 0. The van der Waals surface area contributed by atoms with Crippen LogP contribution in [0.15, 0.2) is 0 Å². The van der Waals surface area contributed by atoms with Gasteiger partial charge in [-0.05, 0) is 18.3 Å². The largest absolute Gasteiger partial charge is 0.355 e. The van der Waals surface area contributed by atoms with Crippen LogP contribution in [0.5, 0.6) is 0 Å². The van der Waals surface area contributed by atoms with Crippen LogP contribution in [0, 0.1) is 17.8 Å². The molecule has 0 spiro atoms. The Balaban J connectivity index is 1.90. The minimum absolute atomic E-state index is 0.00944. The van der Waals surface area contributed by atoms with Crippen molar-refractivity contribution in [1.29, 1.82) is 0 Å². The summed E-state index contributed by atoms with van der Waals surface area (Å²) in [6.07, 6.45) is 1.21. The van der Waals surface area contributed by atoms with Crippen molar-refractivity contribution in [2.75, 3.05) is 19.6 Å². The fourth-order valence-electron chi connectivity index (χ4n) is 2.51. The Morgan fingerprint density at radius 3 is 2.44 bits per heavy atom. The van der Waals surface area contributed by atoms with E-state index in [0.29, 0.717) is 31.2 Å². The molecule has 0 aromatic heterocycles. The number of piperidine rings is 1. The zero-order valence-corrected chi connectivity index (χ0v) is 10.0. The summed E-state index contributed by atoms with van der Waals surface area (Å²) >= 11 is 0. The fourth-order valence-corrected chi connectivity index (χ4v) is 2.51. The first kappa shape index (κ1) is 11.4. The molecule has 3 unspecified atom stereocenters.